The van der Waals surface area contributed by atoms with Gasteiger partial charge in [0.2, 0.25) is 0 Å². The smallest absolute Gasteiger partial charge is 0.320 e. The van der Waals surface area contributed by atoms with E-state index in [1.807, 2.05) is 25.6 Å². The van der Waals surface area contributed by atoms with Crippen molar-refractivity contribution in [3.8, 4) is 0 Å². The Morgan fingerprint density at radius 2 is 2.36 bits per heavy atom. The second-order valence-electron chi connectivity index (χ2n) is 3.30. The predicted molar refractivity (Wildman–Crippen MR) is 60.4 cm³/mol. The van der Waals surface area contributed by atoms with Gasteiger partial charge in [0.25, 0.3) is 0 Å². The SMILES string of the molecule is C1CSCN1.CCC(C)C(N)C(=O)O. The van der Waals surface area contributed by atoms with E-state index in [9.17, 15) is 4.79 Å². The zero-order valence-electron chi connectivity index (χ0n) is 8.82. The molecule has 0 aliphatic carbocycles. The van der Waals surface area contributed by atoms with Gasteiger partial charge in [0, 0.05) is 18.2 Å². The Morgan fingerprint density at radius 3 is 2.50 bits per heavy atom. The van der Waals surface area contributed by atoms with Crippen molar-refractivity contribution in [1.82, 2.24) is 5.32 Å². The number of carbonyl (C=O) groups is 1. The summed E-state index contributed by atoms with van der Waals surface area (Å²) >= 11 is 1.96. The van der Waals surface area contributed by atoms with Gasteiger partial charge in [0.05, 0.1) is 0 Å². The van der Waals surface area contributed by atoms with Crippen molar-refractivity contribution in [1.29, 1.82) is 0 Å². The minimum absolute atomic E-state index is 0.0718. The minimum Gasteiger partial charge on any atom is -0.480 e. The zero-order chi connectivity index (χ0) is 11.0. The number of nitrogens with two attached hydrogens (primary N) is 1. The Labute approximate surface area is 89.6 Å². The lowest BCUT2D eigenvalue weighted by molar-refractivity contribution is -0.139. The molecule has 0 radical (unpaired) electrons. The number of hydrogen-bond acceptors (Lipinski definition) is 4. The second kappa shape index (κ2) is 8.08. The average molecular weight is 220 g/mol. The number of rotatable bonds is 3. The molecule has 2 unspecified atom stereocenters. The number of carboxylic acid groups (broad SMARTS) is 1. The topological polar surface area (TPSA) is 75.3 Å². The Bertz CT molecular complexity index is 155. The Kier molecular flexibility index (Phi) is 7.93. The fourth-order valence-electron chi connectivity index (χ4n) is 0.858. The summed E-state index contributed by atoms with van der Waals surface area (Å²) in [5, 5.41) is 11.5. The highest BCUT2D eigenvalue weighted by atomic mass is 32.2. The molecule has 1 heterocycles. The van der Waals surface area contributed by atoms with Crippen LogP contribution in [0.5, 0.6) is 0 Å². The molecule has 0 bridgehead atoms. The number of aliphatic carboxylic acids is 1. The maximum Gasteiger partial charge on any atom is 0.320 e. The first kappa shape index (κ1) is 13.7. The zero-order valence-corrected chi connectivity index (χ0v) is 9.64. The molecule has 0 amide bonds. The van der Waals surface area contributed by atoms with E-state index in [0.29, 0.717) is 0 Å². The first-order valence-corrected chi connectivity index (χ1v) is 6.01. The van der Waals surface area contributed by atoms with Crippen LogP contribution in [0.4, 0.5) is 0 Å². The van der Waals surface area contributed by atoms with E-state index < -0.39 is 12.0 Å². The van der Waals surface area contributed by atoms with Gasteiger partial charge in [-0.1, -0.05) is 20.3 Å². The Morgan fingerprint density at radius 1 is 1.71 bits per heavy atom. The monoisotopic (exact) mass is 220 g/mol. The van der Waals surface area contributed by atoms with Gasteiger partial charge in [-0.15, -0.1) is 11.8 Å². The molecule has 1 aliphatic heterocycles. The van der Waals surface area contributed by atoms with Crippen LogP contribution in [-0.2, 0) is 4.79 Å². The van der Waals surface area contributed by atoms with Gasteiger partial charge in [-0.2, -0.15) is 0 Å². The quantitative estimate of drug-likeness (QED) is 0.653. The molecule has 2 atom stereocenters. The summed E-state index contributed by atoms with van der Waals surface area (Å²) in [6.07, 6.45) is 0.813. The molecule has 0 aromatic rings. The van der Waals surface area contributed by atoms with Crippen LogP contribution >= 0.6 is 11.8 Å². The van der Waals surface area contributed by atoms with Crippen molar-refractivity contribution < 1.29 is 9.90 Å². The summed E-state index contributed by atoms with van der Waals surface area (Å²) in [5.41, 5.74) is 5.27. The lowest BCUT2D eigenvalue weighted by Gasteiger charge is -2.11. The normalized spacial score (nSPS) is 19.4. The van der Waals surface area contributed by atoms with Crippen LogP contribution < -0.4 is 11.1 Å². The first-order chi connectivity index (χ1) is 6.59. The van der Waals surface area contributed by atoms with Crippen molar-refractivity contribution in [3.05, 3.63) is 0 Å². The summed E-state index contributed by atoms with van der Waals surface area (Å²) in [6, 6.07) is -0.699. The largest absolute Gasteiger partial charge is 0.480 e. The third-order valence-corrected chi connectivity index (χ3v) is 3.07. The molecular formula is C9H20N2O2S. The van der Waals surface area contributed by atoms with Crippen LogP contribution in [0, 0.1) is 5.92 Å². The Hall–Kier alpha value is -0.260. The summed E-state index contributed by atoms with van der Waals surface area (Å²) < 4.78 is 0. The first-order valence-electron chi connectivity index (χ1n) is 4.86. The van der Waals surface area contributed by atoms with E-state index in [1.165, 1.54) is 18.2 Å². The summed E-state index contributed by atoms with van der Waals surface area (Å²) in [5.74, 6) is 1.63. The average Bonchev–Trinajstić information content (AvgIpc) is 2.73. The van der Waals surface area contributed by atoms with Gasteiger partial charge in [-0.05, 0) is 5.92 Å². The van der Waals surface area contributed by atoms with Crippen LogP contribution in [0.2, 0.25) is 0 Å². The lowest BCUT2D eigenvalue weighted by atomic mass is 10.0. The van der Waals surface area contributed by atoms with Gasteiger partial charge in [0.1, 0.15) is 6.04 Å². The van der Waals surface area contributed by atoms with E-state index >= 15 is 0 Å². The van der Waals surface area contributed by atoms with E-state index in [4.69, 9.17) is 10.8 Å². The summed E-state index contributed by atoms with van der Waals surface area (Å²) in [4.78, 5) is 10.2. The molecule has 0 aromatic heterocycles. The number of thioether (sulfide) groups is 1. The number of nitrogens with one attached hydrogen (secondary N) is 1. The third-order valence-electron chi connectivity index (χ3n) is 2.17. The number of hydrogen-bond donors (Lipinski definition) is 3. The van der Waals surface area contributed by atoms with Crippen LogP contribution in [0.25, 0.3) is 0 Å². The molecule has 0 saturated carbocycles. The van der Waals surface area contributed by atoms with E-state index in [-0.39, 0.29) is 5.92 Å². The highest BCUT2D eigenvalue weighted by molar-refractivity contribution is 7.99. The molecule has 4 nitrogen and oxygen atoms in total. The molecule has 1 fully saturated rings. The molecular weight excluding hydrogens is 200 g/mol. The van der Waals surface area contributed by atoms with Gasteiger partial charge >= 0.3 is 5.97 Å². The van der Waals surface area contributed by atoms with Crippen molar-refractivity contribution in [2.45, 2.75) is 26.3 Å². The molecule has 84 valence electrons. The fraction of sp³-hybridized carbons (Fsp3) is 0.889. The van der Waals surface area contributed by atoms with Crippen LogP contribution in [0.1, 0.15) is 20.3 Å². The third kappa shape index (κ3) is 6.23. The van der Waals surface area contributed by atoms with Crippen LogP contribution in [0.3, 0.4) is 0 Å². The predicted octanol–water partition coefficient (Wildman–Crippen LogP) is 0.725. The molecule has 1 rings (SSSR count). The van der Waals surface area contributed by atoms with Gasteiger partial charge in [0.15, 0.2) is 0 Å². The molecule has 0 aromatic carbocycles. The molecule has 1 saturated heterocycles. The highest BCUT2D eigenvalue weighted by Crippen LogP contribution is 2.04. The minimum atomic E-state index is -0.913. The maximum absolute atomic E-state index is 10.2. The van der Waals surface area contributed by atoms with Gasteiger partial charge < -0.3 is 16.2 Å². The summed E-state index contributed by atoms with van der Waals surface area (Å²) in [6.45, 7) is 4.97. The summed E-state index contributed by atoms with van der Waals surface area (Å²) in [7, 11) is 0. The van der Waals surface area contributed by atoms with Crippen molar-refractivity contribution >= 4 is 17.7 Å². The van der Waals surface area contributed by atoms with Gasteiger partial charge in [-0.3, -0.25) is 4.79 Å². The van der Waals surface area contributed by atoms with Crippen LogP contribution in [-0.4, -0.2) is 35.3 Å². The lowest BCUT2D eigenvalue weighted by Crippen LogP contribution is -2.36. The molecule has 0 spiro atoms. The van der Waals surface area contributed by atoms with Crippen molar-refractivity contribution in [2.24, 2.45) is 11.7 Å². The highest BCUT2D eigenvalue weighted by Gasteiger charge is 2.17. The standard InChI is InChI=1S/C6H13NO2.C3H7NS/c1-3-4(2)5(7)6(8)9;1-2-5-3-4-1/h4-5H,3,7H2,1-2H3,(H,8,9);4H,1-3H2. The van der Waals surface area contributed by atoms with E-state index in [1.54, 1.807) is 0 Å². The van der Waals surface area contributed by atoms with E-state index in [0.717, 1.165) is 6.42 Å². The molecule has 14 heavy (non-hydrogen) atoms. The fourth-order valence-corrected chi connectivity index (χ4v) is 1.58. The molecule has 1 aliphatic rings. The molecule has 5 heteroatoms. The maximum atomic E-state index is 10.2. The van der Waals surface area contributed by atoms with Crippen molar-refractivity contribution in [3.63, 3.8) is 0 Å². The van der Waals surface area contributed by atoms with Crippen molar-refractivity contribution in [2.75, 3.05) is 18.2 Å². The Balaban J connectivity index is 0.000000280. The van der Waals surface area contributed by atoms with E-state index in [2.05, 4.69) is 5.32 Å². The number of carboxylic acids is 1. The second-order valence-corrected chi connectivity index (χ2v) is 4.41. The van der Waals surface area contributed by atoms with Crippen LogP contribution in [0.15, 0.2) is 0 Å². The van der Waals surface area contributed by atoms with Gasteiger partial charge in [-0.25, -0.2) is 0 Å². The molecule has 4 N–H and O–H groups in total.